The molecule has 0 atom stereocenters. The average Bonchev–Trinajstić information content (AvgIpc) is 3.11. The van der Waals surface area contributed by atoms with E-state index in [4.69, 9.17) is 33.0 Å². The third-order valence-corrected chi connectivity index (χ3v) is 6.71. The van der Waals surface area contributed by atoms with E-state index in [-0.39, 0.29) is 45.1 Å². The fourth-order valence-corrected chi connectivity index (χ4v) is 4.89. The lowest BCUT2D eigenvalue weighted by Gasteiger charge is -2.12. The molecule has 0 unspecified atom stereocenters. The van der Waals surface area contributed by atoms with Crippen LogP contribution in [0.15, 0.2) is 65.6 Å². The third-order valence-electron chi connectivity index (χ3n) is 5.24. The molecule has 9 nitrogen and oxygen atoms in total. The Hall–Kier alpha value is -3.86. The zero-order chi connectivity index (χ0) is 26.7. The van der Waals surface area contributed by atoms with Gasteiger partial charge in [-0.15, -0.1) is 0 Å². The van der Waals surface area contributed by atoms with Crippen LogP contribution in [0.2, 0.25) is 10.0 Å². The topological polar surface area (TPSA) is 127 Å². The Morgan fingerprint density at radius 2 is 1.73 bits per heavy atom. The van der Waals surface area contributed by atoms with Gasteiger partial charge in [-0.25, -0.2) is 4.79 Å². The molecule has 12 heteroatoms. The summed E-state index contributed by atoms with van der Waals surface area (Å²) < 4.78 is 5.71. The molecule has 1 aliphatic heterocycles. The van der Waals surface area contributed by atoms with E-state index in [9.17, 15) is 24.5 Å². The van der Waals surface area contributed by atoms with Crippen LogP contribution in [0.1, 0.15) is 27.0 Å². The lowest BCUT2D eigenvalue weighted by molar-refractivity contribution is -0.384. The van der Waals surface area contributed by atoms with E-state index in [1.807, 2.05) is 0 Å². The molecule has 0 aromatic heterocycles. The highest BCUT2D eigenvalue weighted by atomic mass is 35.5. The molecule has 1 saturated heterocycles. The zero-order valence-corrected chi connectivity index (χ0v) is 21.0. The second-order valence-corrected chi connectivity index (χ2v) is 9.61. The van der Waals surface area contributed by atoms with Gasteiger partial charge in [0.2, 0.25) is 0 Å². The van der Waals surface area contributed by atoms with Crippen LogP contribution in [0.5, 0.6) is 5.75 Å². The Bertz CT molecular complexity index is 1430. The van der Waals surface area contributed by atoms with Crippen LogP contribution < -0.4 is 4.74 Å². The smallest absolute Gasteiger partial charge is 0.335 e. The van der Waals surface area contributed by atoms with Gasteiger partial charge >= 0.3 is 5.97 Å². The number of imide groups is 1. The highest BCUT2D eigenvalue weighted by Crippen LogP contribution is 2.38. The third kappa shape index (κ3) is 6.11. The maximum atomic E-state index is 12.9. The van der Waals surface area contributed by atoms with Crippen molar-refractivity contribution in [2.45, 2.75) is 13.2 Å². The van der Waals surface area contributed by atoms with Gasteiger partial charge in [-0.3, -0.25) is 24.6 Å². The number of rotatable bonds is 8. The van der Waals surface area contributed by atoms with Gasteiger partial charge in [0.1, 0.15) is 6.61 Å². The van der Waals surface area contributed by atoms with Crippen molar-refractivity contribution in [3.63, 3.8) is 0 Å². The summed E-state index contributed by atoms with van der Waals surface area (Å²) in [6, 6.07) is 14.9. The number of aromatic carboxylic acids is 1. The number of carbonyl (C=O) groups excluding carboxylic acids is 2. The van der Waals surface area contributed by atoms with Crippen molar-refractivity contribution in [3.8, 4) is 5.75 Å². The second kappa shape index (κ2) is 11.0. The second-order valence-electron chi connectivity index (χ2n) is 7.80. The first-order valence-electron chi connectivity index (χ1n) is 10.5. The fraction of sp³-hybridized carbons (Fsp3) is 0.0800. The first-order valence-corrected chi connectivity index (χ1v) is 12.1. The SMILES string of the molecule is O=C(O)c1ccc(COc2c(Cl)cc(/C=C3/SC(=O)N(Cc4cccc([N+](=O)[O-])c4)C3=O)cc2Cl)cc1. The van der Waals surface area contributed by atoms with Gasteiger partial charge in [-0.2, -0.15) is 0 Å². The number of nitro benzene ring substituents is 1. The predicted octanol–water partition coefficient (Wildman–Crippen LogP) is 6.42. The van der Waals surface area contributed by atoms with Crippen molar-refractivity contribution in [1.82, 2.24) is 4.90 Å². The number of halogens is 2. The first-order chi connectivity index (χ1) is 17.6. The van der Waals surface area contributed by atoms with Gasteiger partial charge in [0.25, 0.3) is 16.8 Å². The molecule has 1 fully saturated rings. The van der Waals surface area contributed by atoms with Crippen LogP contribution in [0, 0.1) is 10.1 Å². The van der Waals surface area contributed by atoms with Crippen molar-refractivity contribution < 1.29 is 29.2 Å². The zero-order valence-electron chi connectivity index (χ0n) is 18.7. The summed E-state index contributed by atoms with van der Waals surface area (Å²) in [6.45, 7) is -0.0133. The summed E-state index contributed by atoms with van der Waals surface area (Å²) in [5.74, 6) is -1.36. The molecule has 0 spiro atoms. The monoisotopic (exact) mass is 558 g/mol. The minimum absolute atomic E-state index is 0.0925. The predicted molar refractivity (Wildman–Crippen MR) is 139 cm³/mol. The van der Waals surface area contributed by atoms with Gasteiger partial charge < -0.3 is 9.84 Å². The number of carboxylic acid groups (broad SMARTS) is 1. The van der Waals surface area contributed by atoms with Gasteiger partial charge in [0, 0.05) is 12.1 Å². The molecule has 2 amide bonds. The fourth-order valence-electron chi connectivity index (χ4n) is 3.44. The molecule has 4 rings (SSSR count). The van der Waals surface area contributed by atoms with Crippen LogP contribution >= 0.6 is 35.0 Å². The normalized spacial score (nSPS) is 14.3. The molecule has 1 aliphatic rings. The van der Waals surface area contributed by atoms with E-state index in [1.54, 1.807) is 18.2 Å². The van der Waals surface area contributed by atoms with Crippen LogP contribution in [-0.4, -0.2) is 32.0 Å². The number of benzene rings is 3. The van der Waals surface area contributed by atoms with E-state index in [0.717, 1.165) is 16.7 Å². The maximum absolute atomic E-state index is 12.9. The van der Waals surface area contributed by atoms with Gasteiger partial charge in [-0.05, 0) is 58.8 Å². The van der Waals surface area contributed by atoms with E-state index in [0.29, 0.717) is 16.7 Å². The molecule has 0 radical (unpaired) electrons. The Labute approximate surface area is 224 Å². The summed E-state index contributed by atoms with van der Waals surface area (Å²) in [5, 5.41) is 19.8. The quantitative estimate of drug-likeness (QED) is 0.190. The summed E-state index contributed by atoms with van der Waals surface area (Å²) in [5.41, 5.74) is 1.64. The summed E-state index contributed by atoms with van der Waals surface area (Å²) in [6.07, 6.45) is 1.48. The summed E-state index contributed by atoms with van der Waals surface area (Å²) >= 11 is 13.4. The summed E-state index contributed by atoms with van der Waals surface area (Å²) in [4.78, 5) is 47.9. The number of hydrogen-bond acceptors (Lipinski definition) is 7. The van der Waals surface area contributed by atoms with Crippen molar-refractivity contribution >= 4 is 63.8 Å². The molecule has 188 valence electrons. The maximum Gasteiger partial charge on any atom is 0.335 e. The van der Waals surface area contributed by atoms with E-state index >= 15 is 0 Å². The number of carboxylic acids is 1. The Kier molecular flexibility index (Phi) is 7.82. The Balaban J connectivity index is 1.47. The minimum atomic E-state index is -1.03. The average molecular weight is 559 g/mol. The summed E-state index contributed by atoms with van der Waals surface area (Å²) in [7, 11) is 0. The molecular weight excluding hydrogens is 543 g/mol. The van der Waals surface area contributed by atoms with E-state index in [2.05, 4.69) is 0 Å². The number of nitrogens with zero attached hydrogens (tertiary/aromatic N) is 2. The van der Waals surface area contributed by atoms with Crippen LogP contribution in [0.4, 0.5) is 10.5 Å². The Morgan fingerprint density at radius 3 is 2.35 bits per heavy atom. The number of ether oxygens (including phenoxy) is 1. The highest BCUT2D eigenvalue weighted by molar-refractivity contribution is 8.18. The van der Waals surface area contributed by atoms with Crippen molar-refractivity contribution in [2.24, 2.45) is 0 Å². The van der Waals surface area contributed by atoms with Crippen molar-refractivity contribution in [1.29, 1.82) is 0 Å². The van der Waals surface area contributed by atoms with Crippen molar-refractivity contribution in [2.75, 3.05) is 0 Å². The molecular formula is C25H16Cl2N2O7S. The van der Waals surface area contributed by atoms with Gasteiger partial charge in [0.05, 0.1) is 32.0 Å². The van der Waals surface area contributed by atoms with Crippen LogP contribution in [0.25, 0.3) is 6.08 Å². The molecule has 37 heavy (non-hydrogen) atoms. The lowest BCUT2D eigenvalue weighted by atomic mass is 10.1. The largest absolute Gasteiger partial charge is 0.486 e. The standard InChI is InChI=1S/C25H16Cl2N2O7S/c26-19-9-16(10-20(27)22(19)36-13-14-4-6-17(7-5-14)24(31)32)11-21-23(30)28(25(33)37-21)12-15-2-1-3-18(8-15)29(34)35/h1-11H,12-13H2,(H,31,32)/b21-11+. The number of thioether (sulfide) groups is 1. The number of nitro groups is 1. The number of hydrogen-bond donors (Lipinski definition) is 1. The van der Waals surface area contributed by atoms with Crippen molar-refractivity contribution in [3.05, 3.63) is 108 Å². The molecule has 0 bridgehead atoms. The van der Waals surface area contributed by atoms with E-state index in [1.165, 1.54) is 48.5 Å². The van der Waals surface area contributed by atoms with Crippen LogP contribution in [0.3, 0.4) is 0 Å². The van der Waals surface area contributed by atoms with Gasteiger partial charge in [0.15, 0.2) is 5.75 Å². The minimum Gasteiger partial charge on any atom is -0.486 e. The molecule has 1 heterocycles. The molecule has 3 aromatic carbocycles. The number of non-ortho nitro benzene ring substituents is 1. The molecule has 3 aromatic rings. The molecule has 0 aliphatic carbocycles. The van der Waals surface area contributed by atoms with Crippen LogP contribution in [-0.2, 0) is 17.9 Å². The molecule has 1 N–H and O–H groups in total. The highest BCUT2D eigenvalue weighted by Gasteiger charge is 2.35. The molecule has 0 saturated carbocycles. The van der Waals surface area contributed by atoms with Gasteiger partial charge in [-0.1, -0.05) is 47.5 Å². The Morgan fingerprint density at radius 1 is 1.05 bits per heavy atom. The number of amides is 2. The lowest BCUT2D eigenvalue weighted by Crippen LogP contribution is -2.27. The first kappa shape index (κ1) is 26.2. The number of carbonyl (C=O) groups is 3. The van der Waals surface area contributed by atoms with E-state index < -0.39 is 22.0 Å².